The maximum Gasteiger partial charge on any atom is 0.209 e. The van der Waals surface area contributed by atoms with Crippen molar-refractivity contribution in [1.82, 2.24) is 0 Å². The third-order valence-electron chi connectivity index (χ3n) is 2.11. The highest BCUT2D eigenvalue weighted by atomic mass is 32.2. The van der Waals surface area contributed by atoms with E-state index in [2.05, 4.69) is 0 Å². The molecule has 2 rings (SSSR count). The molecule has 14 heavy (non-hydrogen) atoms. The van der Waals surface area contributed by atoms with Gasteiger partial charge in [0, 0.05) is 0 Å². The number of aromatic hydroxyl groups is 1. The number of rotatable bonds is 1. The fraction of sp³-hybridized carbons (Fsp3) is 0.111. The lowest BCUT2D eigenvalue weighted by atomic mass is 10.2. The van der Waals surface area contributed by atoms with Crippen LogP contribution >= 0.6 is 0 Å². The Morgan fingerprint density at radius 1 is 1.29 bits per heavy atom. The molecule has 74 valence electrons. The SMILES string of the molecule is O=S1(=O)C(CO)=Cc2cccc(O)c21. The fourth-order valence-corrected chi connectivity index (χ4v) is 2.96. The molecule has 0 fully saturated rings. The van der Waals surface area contributed by atoms with Gasteiger partial charge in [0.1, 0.15) is 10.6 Å². The van der Waals surface area contributed by atoms with Gasteiger partial charge in [0.05, 0.1) is 11.5 Å². The van der Waals surface area contributed by atoms with E-state index < -0.39 is 16.4 Å². The quantitative estimate of drug-likeness (QED) is 0.711. The highest BCUT2D eigenvalue weighted by Crippen LogP contribution is 2.37. The summed E-state index contributed by atoms with van der Waals surface area (Å²) in [7, 11) is -3.67. The van der Waals surface area contributed by atoms with Gasteiger partial charge in [0.25, 0.3) is 0 Å². The molecule has 0 bridgehead atoms. The lowest BCUT2D eigenvalue weighted by Gasteiger charge is -2.02. The summed E-state index contributed by atoms with van der Waals surface area (Å²) < 4.78 is 23.3. The Hall–Kier alpha value is -1.33. The highest BCUT2D eigenvalue weighted by molar-refractivity contribution is 7.96. The van der Waals surface area contributed by atoms with Gasteiger partial charge in [-0.2, -0.15) is 0 Å². The van der Waals surface area contributed by atoms with E-state index in [9.17, 15) is 13.5 Å². The Balaban J connectivity index is 2.78. The number of benzene rings is 1. The number of fused-ring (bicyclic) bond motifs is 1. The van der Waals surface area contributed by atoms with E-state index in [1.54, 1.807) is 12.1 Å². The van der Waals surface area contributed by atoms with Crippen molar-refractivity contribution in [3.8, 4) is 5.75 Å². The van der Waals surface area contributed by atoms with E-state index >= 15 is 0 Å². The topological polar surface area (TPSA) is 74.6 Å². The van der Waals surface area contributed by atoms with Crippen molar-refractivity contribution in [3.05, 3.63) is 28.7 Å². The monoisotopic (exact) mass is 212 g/mol. The molecule has 4 nitrogen and oxygen atoms in total. The van der Waals surface area contributed by atoms with Crippen LogP contribution in [0.15, 0.2) is 28.0 Å². The summed E-state index contributed by atoms with van der Waals surface area (Å²) in [6.07, 6.45) is 1.37. The molecule has 0 unspecified atom stereocenters. The van der Waals surface area contributed by atoms with Gasteiger partial charge in [-0.1, -0.05) is 12.1 Å². The maximum absolute atomic E-state index is 11.6. The Morgan fingerprint density at radius 3 is 2.57 bits per heavy atom. The van der Waals surface area contributed by atoms with Crippen LogP contribution in [0.25, 0.3) is 6.08 Å². The second-order valence-electron chi connectivity index (χ2n) is 2.97. The van der Waals surface area contributed by atoms with Crippen molar-refractivity contribution in [2.24, 2.45) is 0 Å². The van der Waals surface area contributed by atoms with Crippen LogP contribution in [0, 0.1) is 0 Å². The molecule has 1 heterocycles. The predicted octanol–water partition coefficient (Wildman–Crippen LogP) is 0.513. The molecular weight excluding hydrogens is 204 g/mol. The first-order chi connectivity index (χ1) is 6.57. The molecule has 1 aromatic carbocycles. The molecule has 0 saturated carbocycles. The lowest BCUT2D eigenvalue weighted by molar-refractivity contribution is 0.338. The summed E-state index contributed by atoms with van der Waals surface area (Å²) in [4.78, 5) is -0.182. The van der Waals surface area contributed by atoms with Gasteiger partial charge in [-0.25, -0.2) is 8.42 Å². The number of hydrogen-bond acceptors (Lipinski definition) is 4. The zero-order valence-electron chi connectivity index (χ0n) is 7.14. The zero-order valence-corrected chi connectivity index (χ0v) is 7.95. The second-order valence-corrected chi connectivity index (χ2v) is 4.91. The molecule has 0 spiro atoms. The van der Waals surface area contributed by atoms with Crippen molar-refractivity contribution in [3.63, 3.8) is 0 Å². The minimum atomic E-state index is -3.67. The first kappa shape index (κ1) is 9.23. The van der Waals surface area contributed by atoms with Crippen molar-refractivity contribution < 1.29 is 18.6 Å². The third-order valence-corrected chi connectivity index (χ3v) is 4.03. The van der Waals surface area contributed by atoms with Gasteiger partial charge in [-0.3, -0.25) is 0 Å². The number of phenolic OH excluding ortho intramolecular Hbond substituents is 1. The minimum Gasteiger partial charge on any atom is -0.507 e. The molecule has 2 N–H and O–H groups in total. The van der Waals surface area contributed by atoms with E-state index in [4.69, 9.17) is 5.11 Å². The highest BCUT2D eigenvalue weighted by Gasteiger charge is 2.31. The van der Waals surface area contributed by atoms with Crippen LogP contribution in [0.3, 0.4) is 0 Å². The van der Waals surface area contributed by atoms with Crippen LogP contribution in [0.2, 0.25) is 0 Å². The first-order valence-electron chi connectivity index (χ1n) is 3.96. The number of aliphatic hydroxyl groups excluding tert-OH is 1. The average Bonchev–Trinajstić information content (AvgIpc) is 2.38. The van der Waals surface area contributed by atoms with Crippen molar-refractivity contribution in [1.29, 1.82) is 0 Å². The first-order valence-corrected chi connectivity index (χ1v) is 5.44. The van der Waals surface area contributed by atoms with Crippen LogP contribution < -0.4 is 0 Å². The summed E-state index contributed by atoms with van der Waals surface area (Å²) in [5, 5.41) is 18.2. The molecule has 0 saturated heterocycles. The van der Waals surface area contributed by atoms with E-state index in [1.165, 1.54) is 12.1 Å². The molecule has 0 aliphatic carbocycles. The summed E-state index contributed by atoms with van der Waals surface area (Å²) in [6, 6.07) is 4.44. The molecule has 0 radical (unpaired) electrons. The molecule has 1 aliphatic rings. The summed E-state index contributed by atoms with van der Waals surface area (Å²) in [5.41, 5.74) is 0.425. The average molecular weight is 212 g/mol. The third kappa shape index (κ3) is 1.06. The van der Waals surface area contributed by atoms with Gasteiger partial charge in [0.15, 0.2) is 0 Å². The number of phenols is 1. The van der Waals surface area contributed by atoms with E-state index in [-0.39, 0.29) is 15.6 Å². The fourth-order valence-electron chi connectivity index (χ4n) is 1.46. The molecule has 1 aliphatic heterocycles. The van der Waals surface area contributed by atoms with Gasteiger partial charge in [-0.15, -0.1) is 0 Å². The summed E-state index contributed by atoms with van der Waals surface area (Å²) in [5.74, 6) is -0.276. The summed E-state index contributed by atoms with van der Waals surface area (Å²) >= 11 is 0. The Bertz CT molecular complexity index is 514. The molecule has 0 aromatic heterocycles. The van der Waals surface area contributed by atoms with Crippen molar-refractivity contribution in [2.45, 2.75) is 4.90 Å². The predicted molar refractivity (Wildman–Crippen MR) is 50.4 cm³/mol. The van der Waals surface area contributed by atoms with Crippen LogP contribution in [-0.2, 0) is 9.84 Å². The number of aliphatic hydroxyl groups is 1. The molecule has 0 atom stereocenters. The standard InChI is InChI=1S/C9H8O4S/c10-5-7-4-6-2-1-3-8(11)9(6)14(7,12)13/h1-4,10-11H,5H2. The minimum absolute atomic E-state index is 0.0750. The van der Waals surface area contributed by atoms with Crippen LogP contribution in [0.4, 0.5) is 0 Å². The maximum atomic E-state index is 11.6. The normalized spacial score (nSPS) is 17.6. The second kappa shape index (κ2) is 2.83. The van der Waals surface area contributed by atoms with Crippen molar-refractivity contribution in [2.75, 3.05) is 6.61 Å². The lowest BCUT2D eigenvalue weighted by Crippen LogP contribution is -2.03. The largest absolute Gasteiger partial charge is 0.507 e. The van der Waals surface area contributed by atoms with Gasteiger partial charge in [-0.05, 0) is 17.7 Å². The Morgan fingerprint density at radius 2 is 2.00 bits per heavy atom. The zero-order chi connectivity index (χ0) is 10.3. The van der Waals surface area contributed by atoms with Gasteiger partial charge < -0.3 is 10.2 Å². The van der Waals surface area contributed by atoms with Crippen LogP contribution in [0.1, 0.15) is 5.56 Å². The molecule has 5 heteroatoms. The van der Waals surface area contributed by atoms with Gasteiger partial charge in [0.2, 0.25) is 9.84 Å². The number of sulfone groups is 1. The van der Waals surface area contributed by atoms with E-state index in [0.29, 0.717) is 5.56 Å². The van der Waals surface area contributed by atoms with E-state index in [1.807, 2.05) is 0 Å². The van der Waals surface area contributed by atoms with Crippen LogP contribution in [0.5, 0.6) is 5.75 Å². The number of hydrogen-bond donors (Lipinski definition) is 2. The van der Waals surface area contributed by atoms with Crippen molar-refractivity contribution >= 4 is 15.9 Å². The van der Waals surface area contributed by atoms with Gasteiger partial charge >= 0.3 is 0 Å². The Kier molecular flexibility index (Phi) is 1.87. The smallest absolute Gasteiger partial charge is 0.209 e. The molecule has 1 aromatic rings. The summed E-state index contributed by atoms with van der Waals surface area (Å²) in [6.45, 7) is -0.545. The Labute approximate surface area is 81.0 Å². The van der Waals surface area contributed by atoms with Crippen LogP contribution in [-0.4, -0.2) is 25.2 Å². The van der Waals surface area contributed by atoms with E-state index in [0.717, 1.165) is 0 Å². The molecule has 0 amide bonds. The molecular formula is C9H8O4S.